The van der Waals surface area contributed by atoms with Gasteiger partial charge in [-0.15, -0.1) is 0 Å². The van der Waals surface area contributed by atoms with E-state index in [1.807, 2.05) is 0 Å². The lowest BCUT2D eigenvalue weighted by Gasteiger charge is -2.02. The van der Waals surface area contributed by atoms with Crippen molar-refractivity contribution in [2.75, 3.05) is 0 Å². The van der Waals surface area contributed by atoms with E-state index in [1.165, 1.54) is 0 Å². The highest BCUT2D eigenvalue weighted by molar-refractivity contribution is 9.09. The lowest BCUT2D eigenvalue weighted by atomic mass is 10.2. The number of hydrogen-bond acceptors (Lipinski definition) is 2. The molecular weight excluding hydrogens is 229 g/mol. The first kappa shape index (κ1) is 8.68. The van der Waals surface area contributed by atoms with Crippen LogP contribution in [0, 0.1) is 0 Å². The maximum absolute atomic E-state index is 10.3. The second-order valence-corrected chi connectivity index (χ2v) is 3.33. The van der Waals surface area contributed by atoms with Gasteiger partial charge in [-0.25, -0.2) is 0 Å². The fourth-order valence-electron chi connectivity index (χ4n) is 0.666. The van der Waals surface area contributed by atoms with Crippen LogP contribution in [0.2, 0.25) is 5.02 Å². The molecule has 1 atom stereocenters. The SMILES string of the molecule is O=CC(Br)c1cnccc1Cl. The number of rotatable bonds is 2. The van der Waals surface area contributed by atoms with Gasteiger partial charge in [-0.05, 0) is 6.07 Å². The van der Waals surface area contributed by atoms with Crippen LogP contribution in [0.4, 0.5) is 0 Å². The number of alkyl halides is 1. The molecule has 0 amide bonds. The van der Waals surface area contributed by atoms with E-state index < -0.39 is 0 Å². The van der Waals surface area contributed by atoms with E-state index in [0.717, 1.165) is 6.29 Å². The van der Waals surface area contributed by atoms with Crippen LogP contribution in [-0.2, 0) is 4.79 Å². The van der Waals surface area contributed by atoms with Crippen LogP contribution in [0.3, 0.4) is 0 Å². The Morgan fingerprint density at radius 1 is 1.73 bits per heavy atom. The molecule has 0 radical (unpaired) electrons. The highest BCUT2D eigenvalue weighted by atomic mass is 79.9. The zero-order valence-electron chi connectivity index (χ0n) is 5.50. The van der Waals surface area contributed by atoms with E-state index in [9.17, 15) is 4.79 Å². The molecule has 4 heteroatoms. The van der Waals surface area contributed by atoms with Crippen molar-refractivity contribution in [1.82, 2.24) is 4.98 Å². The number of carbonyl (C=O) groups is 1. The van der Waals surface area contributed by atoms with Gasteiger partial charge in [0.2, 0.25) is 0 Å². The maximum atomic E-state index is 10.3. The Kier molecular flexibility index (Phi) is 3.02. The molecule has 0 aromatic carbocycles. The molecule has 0 saturated carbocycles. The van der Waals surface area contributed by atoms with Crippen molar-refractivity contribution in [1.29, 1.82) is 0 Å². The fraction of sp³-hybridized carbons (Fsp3) is 0.143. The summed E-state index contributed by atoms with van der Waals surface area (Å²) in [6.45, 7) is 0. The topological polar surface area (TPSA) is 30.0 Å². The van der Waals surface area contributed by atoms with E-state index in [1.54, 1.807) is 18.5 Å². The predicted molar refractivity (Wildman–Crippen MR) is 47.0 cm³/mol. The zero-order chi connectivity index (χ0) is 8.27. The molecule has 58 valence electrons. The summed E-state index contributed by atoms with van der Waals surface area (Å²) in [5, 5.41) is 0.550. The minimum atomic E-state index is -0.358. The quantitative estimate of drug-likeness (QED) is 0.581. The zero-order valence-corrected chi connectivity index (χ0v) is 7.84. The number of hydrogen-bond donors (Lipinski definition) is 0. The van der Waals surface area contributed by atoms with Gasteiger partial charge in [0.05, 0.1) is 4.83 Å². The van der Waals surface area contributed by atoms with E-state index in [2.05, 4.69) is 20.9 Å². The molecule has 0 saturated heterocycles. The van der Waals surface area contributed by atoms with Crippen molar-refractivity contribution in [2.45, 2.75) is 4.83 Å². The third-order valence-electron chi connectivity index (χ3n) is 1.21. The summed E-state index contributed by atoms with van der Waals surface area (Å²) < 4.78 is 0. The summed E-state index contributed by atoms with van der Waals surface area (Å²) in [6, 6.07) is 1.65. The Morgan fingerprint density at radius 2 is 2.45 bits per heavy atom. The Morgan fingerprint density at radius 3 is 3.00 bits per heavy atom. The van der Waals surface area contributed by atoms with Gasteiger partial charge in [0.25, 0.3) is 0 Å². The summed E-state index contributed by atoms with van der Waals surface area (Å²) in [6.07, 6.45) is 3.91. The molecule has 0 fully saturated rings. The molecule has 1 unspecified atom stereocenters. The van der Waals surface area contributed by atoms with Crippen LogP contribution in [0.15, 0.2) is 18.5 Å². The van der Waals surface area contributed by atoms with E-state index >= 15 is 0 Å². The van der Waals surface area contributed by atoms with Crippen molar-refractivity contribution in [2.24, 2.45) is 0 Å². The molecule has 2 nitrogen and oxygen atoms in total. The average molecular weight is 234 g/mol. The van der Waals surface area contributed by atoms with Crippen molar-refractivity contribution in [3.8, 4) is 0 Å². The van der Waals surface area contributed by atoms with Crippen molar-refractivity contribution >= 4 is 33.8 Å². The number of pyridine rings is 1. The molecule has 11 heavy (non-hydrogen) atoms. The Labute approximate surface area is 77.7 Å². The van der Waals surface area contributed by atoms with Crippen LogP contribution in [0.1, 0.15) is 10.4 Å². The van der Waals surface area contributed by atoms with Gasteiger partial charge in [-0.3, -0.25) is 4.98 Å². The maximum Gasteiger partial charge on any atom is 0.138 e. The lowest BCUT2D eigenvalue weighted by molar-refractivity contribution is -0.107. The molecule has 1 heterocycles. The van der Waals surface area contributed by atoms with E-state index in [4.69, 9.17) is 11.6 Å². The van der Waals surface area contributed by atoms with Gasteiger partial charge in [0.1, 0.15) is 6.29 Å². The van der Waals surface area contributed by atoms with Crippen molar-refractivity contribution in [3.63, 3.8) is 0 Å². The third kappa shape index (κ3) is 2.01. The Bertz CT molecular complexity index is 266. The number of nitrogens with zero attached hydrogens (tertiary/aromatic N) is 1. The first-order valence-electron chi connectivity index (χ1n) is 2.94. The summed E-state index contributed by atoms with van der Waals surface area (Å²) >= 11 is 8.91. The van der Waals surface area contributed by atoms with Crippen LogP contribution in [0.25, 0.3) is 0 Å². The minimum absolute atomic E-state index is 0.358. The smallest absolute Gasteiger partial charge is 0.138 e. The van der Waals surface area contributed by atoms with Crippen LogP contribution in [-0.4, -0.2) is 11.3 Å². The molecule has 1 aromatic heterocycles. The number of carbonyl (C=O) groups excluding carboxylic acids is 1. The Balaban J connectivity index is 3.02. The van der Waals surface area contributed by atoms with E-state index in [-0.39, 0.29) is 4.83 Å². The molecule has 0 aliphatic heterocycles. The van der Waals surface area contributed by atoms with Crippen LogP contribution >= 0.6 is 27.5 Å². The molecule has 0 spiro atoms. The van der Waals surface area contributed by atoms with Gasteiger partial charge in [0, 0.05) is 23.0 Å². The Hall–Kier alpha value is -0.410. The van der Waals surface area contributed by atoms with Crippen LogP contribution in [0.5, 0.6) is 0 Å². The van der Waals surface area contributed by atoms with Crippen LogP contribution < -0.4 is 0 Å². The van der Waals surface area contributed by atoms with Gasteiger partial charge in [-0.2, -0.15) is 0 Å². The van der Waals surface area contributed by atoms with Crippen molar-refractivity contribution < 1.29 is 4.79 Å². The molecule has 0 aliphatic rings. The minimum Gasteiger partial charge on any atom is -0.302 e. The second-order valence-electron chi connectivity index (χ2n) is 1.94. The molecular formula is C7H5BrClNO. The largest absolute Gasteiger partial charge is 0.302 e. The molecule has 0 bridgehead atoms. The lowest BCUT2D eigenvalue weighted by Crippen LogP contribution is -1.92. The highest BCUT2D eigenvalue weighted by Crippen LogP contribution is 2.25. The molecule has 1 rings (SSSR count). The standard InChI is InChI=1S/C7H5BrClNO/c8-6(4-11)5-3-10-2-1-7(5)9/h1-4,6H. The fourth-order valence-corrected chi connectivity index (χ4v) is 1.39. The third-order valence-corrected chi connectivity index (χ3v) is 2.27. The normalized spacial score (nSPS) is 12.5. The highest BCUT2D eigenvalue weighted by Gasteiger charge is 2.08. The second kappa shape index (κ2) is 3.83. The molecule has 0 N–H and O–H groups in total. The molecule has 0 aliphatic carbocycles. The summed E-state index contributed by atoms with van der Waals surface area (Å²) in [7, 11) is 0. The van der Waals surface area contributed by atoms with Gasteiger partial charge >= 0.3 is 0 Å². The first-order chi connectivity index (χ1) is 5.25. The first-order valence-corrected chi connectivity index (χ1v) is 4.24. The monoisotopic (exact) mass is 233 g/mol. The van der Waals surface area contributed by atoms with Gasteiger partial charge in [0.15, 0.2) is 0 Å². The predicted octanol–water partition coefficient (Wildman–Crippen LogP) is 2.37. The number of aldehydes is 1. The number of aromatic nitrogens is 1. The van der Waals surface area contributed by atoms with Gasteiger partial charge in [-0.1, -0.05) is 27.5 Å². The van der Waals surface area contributed by atoms with Crippen molar-refractivity contribution in [3.05, 3.63) is 29.0 Å². The summed E-state index contributed by atoms with van der Waals surface area (Å²) in [4.78, 5) is 13.8. The summed E-state index contributed by atoms with van der Waals surface area (Å²) in [5.74, 6) is 0. The van der Waals surface area contributed by atoms with E-state index in [0.29, 0.717) is 10.6 Å². The summed E-state index contributed by atoms with van der Waals surface area (Å²) in [5.41, 5.74) is 0.698. The number of halogens is 2. The van der Waals surface area contributed by atoms with Gasteiger partial charge < -0.3 is 4.79 Å². The average Bonchev–Trinajstić information content (AvgIpc) is 2.04. The molecule has 1 aromatic rings.